The van der Waals surface area contributed by atoms with E-state index in [1.54, 1.807) is 18.2 Å². The first-order valence-electron chi connectivity index (χ1n) is 7.28. The van der Waals surface area contributed by atoms with Crippen molar-refractivity contribution in [1.82, 2.24) is 10.6 Å². The van der Waals surface area contributed by atoms with Gasteiger partial charge in [-0.3, -0.25) is 9.59 Å². The molecule has 1 saturated heterocycles. The topological polar surface area (TPSA) is 79.5 Å². The van der Waals surface area contributed by atoms with Crippen LogP contribution < -0.4 is 20.7 Å². The Kier molecular flexibility index (Phi) is 4.06. The molecule has 1 fully saturated rings. The lowest BCUT2D eigenvalue weighted by atomic mass is 10.1. The smallest absolute Gasteiger partial charge is 0.262 e. The average molecular weight is 289 g/mol. The van der Waals surface area contributed by atoms with Crippen LogP contribution >= 0.6 is 0 Å². The molecule has 112 valence electrons. The van der Waals surface area contributed by atoms with Crippen LogP contribution in [0.4, 0.5) is 5.69 Å². The Balaban J connectivity index is 1.56. The SMILES string of the molecule is O=C1COc2ccc(C(=O)NCCC3CCNC3)cc2N1. The first-order chi connectivity index (χ1) is 10.2. The van der Waals surface area contributed by atoms with Gasteiger partial charge in [0.1, 0.15) is 5.75 Å². The average Bonchev–Trinajstić information content (AvgIpc) is 2.99. The number of benzene rings is 1. The highest BCUT2D eigenvalue weighted by Crippen LogP contribution is 2.28. The molecule has 2 aliphatic heterocycles. The highest BCUT2D eigenvalue weighted by Gasteiger charge is 2.18. The minimum atomic E-state index is -0.200. The minimum Gasteiger partial charge on any atom is -0.482 e. The monoisotopic (exact) mass is 289 g/mol. The van der Waals surface area contributed by atoms with Gasteiger partial charge in [-0.1, -0.05) is 0 Å². The summed E-state index contributed by atoms with van der Waals surface area (Å²) in [5.41, 5.74) is 1.09. The van der Waals surface area contributed by atoms with Gasteiger partial charge in [0.25, 0.3) is 11.8 Å². The summed E-state index contributed by atoms with van der Waals surface area (Å²) in [6.45, 7) is 2.81. The number of amides is 2. The molecular formula is C15H19N3O3. The molecule has 0 saturated carbocycles. The van der Waals surface area contributed by atoms with Crippen LogP contribution in [-0.4, -0.2) is 38.1 Å². The van der Waals surface area contributed by atoms with E-state index in [0.717, 1.165) is 19.5 Å². The number of rotatable bonds is 4. The zero-order valence-corrected chi connectivity index (χ0v) is 11.8. The number of hydrogen-bond acceptors (Lipinski definition) is 4. The van der Waals surface area contributed by atoms with E-state index in [0.29, 0.717) is 29.5 Å². The third-order valence-electron chi connectivity index (χ3n) is 3.88. The summed E-state index contributed by atoms with van der Waals surface area (Å²) in [5.74, 6) is 0.932. The molecule has 6 heteroatoms. The van der Waals surface area contributed by atoms with Crippen LogP contribution in [0.3, 0.4) is 0 Å². The van der Waals surface area contributed by atoms with Crippen LogP contribution in [0, 0.1) is 5.92 Å². The van der Waals surface area contributed by atoms with Crippen molar-refractivity contribution in [3.8, 4) is 5.75 Å². The van der Waals surface area contributed by atoms with Gasteiger partial charge in [0.05, 0.1) is 5.69 Å². The summed E-state index contributed by atoms with van der Waals surface area (Å²) in [6, 6.07) is 5.08. The van der Waals surface area contributed by atoms with Crippen LogP contribution in [0.5, 0.6) is 5.75 Å². The molecule has 0 spiro atoms. The van der Waals surface area contributed by atoms with Crippen LogP contribution in [0.25, 0.3) is 0 Å². The third kappa shape index (κ3) is 3.33. The fraction of sp³-hybridized carbons (Fsp3) is 0.467. The Hall–Kier alpha value is -2.08. The molecule has 2 heterocycles. The first kappa shape index (κ1) is 13.9. The second-order valence-corrected chi connectivity index (χ2v) is 5.45. The van der Waals surface area contributed by atoms with E-state index in [2.05, 4.69) is 16.0 Å². The molecule has 2 aliphatic rings. The van der Waals surface area contributed by atoms with Crippen LogP contribution in [0.1, 0.15) is 23.2 Å². The van der Waals surface area contributed by atoms with E-state index >= 15 is 0 Å². The highest BCUT2D eigenvalue weighted by atomic mass is 16.5. The molecular weight excluding hydrogens is 270 g/mol. The maximum Gasteiger partial charge on any atom is 0.262 e. The van der Waals surface area contributed by atoms with Crippen molar-refractivity contribution in [2.24, 2.45) is 5.92 Å². The number of hydrogen-bond donors (Lipinski definition) is 3. The van der Waals surface area contributed by atoms with Crippen molar-refractivity contribution >= 4 is 17.5 Å². The van der Waals surface area contributed by atoms with Crippen molar-refractivity contribution in [2.45, 2.75) is 12.8 Å². The molecule has 6 nitrogen and oxygen atoms in total. The first-order valence-corrected chi connectivity index (χ1v) is 7.28. The van der Waals surface area contributed by atoms with E-state index < -0.39 is 0 Å². The zero-order valence-electron chi connectivity index (χ0n) is 11.8. The second-order valence-electron chi connectivity index (χ2n) is 5.45. The maximum absolute atomic E-state index is 12.1. The molecule has 1 aromatic carbocycles. The number of fused-ring (bicyclic) bond motifs is 1. The van der Waals surface area contributed by atoms with Gasteiger partial charge in [-0.05, 0) is 50.0 Å². The largest absolute Gasteiger partial charge is 0.482 e. The maximum atomic E-state index is 12.1. The Morgan fingerprint density at radius 2 is 2.33 bits per heavy atom. The highest BCUT2D eigenvalue weighted by molar-refractivity contribution is 5.99. The van der Waals surface area contributed by atoms with Gasteiger partial charge in [0, 0.05) is 12.1 Å². The summed E-state index contributed by atoms with van der Waals surface area (Å²) in [5, 5.41) is 8.94. The van der Waals surface area contributed by atoms with Crippen molar-refractivity contribution in [1.29, 1.82) is 0 Å². The van der Waals surface area contributed by atoms with Gasteiger partial charge >= 0.3 is 0 Å². The number of carbonyl (C=O) groups excluding carboxylic acids is 2. The van der Waals surface area contributed by atoms with E-state index in [1.807, 2.05) is 0 Å². The van der Waals surface area contributed by atoms with E-state index in [4.69, 9.17) is 4.74 Å². The molecule has 1 atom stereocenters. The van der Waals surface area contributed by atoms with Gasteiger partial charge < -0.3 is 20.7 Å². The molecule has 1 aromatic rings. The number of anilines is 1. The predicted molar refractivity (Wildman–Crippen MR) is 78.5 cm³/mol. The fourth-order valence-corrected chi connectivity index (χ4v) is 2.68. The number of carbonyl (C=O) groups is 2. The van der Waals surface area contributed by atoms with Crippen molar-refractivity contribution < 1.29 is 14.3 Å². The van der Waals surface area contributed by atoms with Crippen molar-refractivity contribution in [3.63, 3.8) is 0 Å². The van der Waals surface area contributed by atoms with Gasteiger partial charge in [-0.25, -0.2) is 0 Å². The van der Waals surface area contributed by atoms with Crippen molar-refractivity contribution in [3.05, 3.63) is 23.8 Å². The van der Waals surface area contributed by atoms with Crippen molar-refractivity contribution in [2.75, 3.05) is 31.6 Å². The number of ether oxygens (including phenoxy) is 1. The summed E-state index contributed by atoms with van der Waals surface area (Å²) in [6.07, 6.45) is 2.17. The quantitative estimate of drug-likeness (QED) is 0.764. The summed E-state index contributed by atoms with van der Waals surface area (Å²) >= 11 is 0. The summed E-state index contributed by atoms with van der Waals surface area (Å²) < 4.78 is 5.27. The minimum absolute atomic E-state index is 0.0218. The molecule has 3 rings (SSSR count). The van der Waals surface area contributed by atoms with Gasteiger partial charge in [0.15, 0.2) is 6.61 Å². The third-order valence-corrected chi connectivity index (χ3v) is 3.88. The molecule has 2 amide bonds. The lowest BCUT2D eigenvalue weighted by Gasteiger charge is -2.18. The lowest BCUT2D eigenvalue weighted by Crippen LogP contribution is -2.28. The molecule has 0 radical (unpaired) electrons. The van der Waals surface area contributed by atoms with E-state index in [1.165, 1.54) is 6.42 Å². The summed E-state index contributed by atoms with van der Waals surface area (Å²) in [4.78, 5) is 23.4. The standard InChI is InChI=1S/C15H19N3O3/c19-14-9-21-13-2-1-11(7-12(13)18-14)15(20)17-6-4-10-3-5-16-8-10/h1-2,7,10,16H,3-6,8-9H2,(H,17,20)(H,18,19). The van der Waals surface area contributed by atoms with Crippen LogP contribution in [0.15, 0.2) is 18.2 Å². The molecule has 3 N–H and O–H groups in total. The Morgan fingerprint density at radius 1 is 1.43 bits per heavy atom. The Morgan fingerprint density at radius 3 is 3.14 bits per heavy atom. The molecule has 0 aliphatic carbocycles. The normalized spacial score (nSPS) is 20.4. The number of nitrogens with one attached hydrogen (secondary N) is 3. The van der Waals surface area contributed by atoms with E-state index in [-0.39, 0.29) is 18.4 Å². The lowest BCUT2D eigenvalue weighted by molar-refractivity contribution is -0.118. The molecule has 0 aromatic heterocycles. The van der Waals surface area contributed by atoms with E-state index in [9.17, 15) is 9.59 Å². The fourth-order valence-electron chi connectivity index (χ4n) is 2.68. The zero-order chi connectivity index (χ0) is 14.7. The Labute approximate surface area is 123 Å². The molecule has 1 unspecified atom stereocenters. The molecule has 21 heavy (non-hydrogen) atoms. The molecule has 0 bridgehead atoms. The van der Waals surface area contributed by atoms with Gasteiger partial charge in [-0.15, -0.1) is 0 Å². The van der Waals surface area contributed by atoms with Gasteiger partial charge in [0.2, 0.25) is 0 Å². The summed E-state index contributed by atoms with van der Waals surface area (Å²) in [7, 11) is 0. The predicted octanol–water partition coefficient (Wildman–Crippen LogP) is 0.747. The van der Waals surface area contributed by atoms with Gasteiger partial charge in [-0.2, -0.15) is 0 Å². The van der Waals surface area contributed by atoms with Crippen LogP contribution in [0.2, 0.25) is 0 Å². The Bertz CT molecular complexity index is 553. The van der Waals surface area contributed by atoms with Crippen LogP contribution in [-0.2, 0) is 4.79 Å². The second kappa shape index (κ2) is 6.13.